The Kier molecular flexibility index (Phi) is 5.93. The van der Waals surface area contributed by atoms with E-state index in [1.54, 1.807) is 24.3 Å². The van der Waals surface area contributed by atoms with Crippen LogP contribution in [0.4, 0.5) is 10.5 Å². The van der Waals surface area contributed by atoms with Crippen LogP contribution in [-0.4, -0.2) is 36.5 Å². The fraction of sp³-hybridized carbons (Fsp3) is 0.158. The number of ether oxygens (including phenoxy) is 2. The molecule has 0 spiro atoms. The molecule has 0 atom stereocenters. The van der Waals surface area contributed by atoms with Gasteiger partial charge >= 0.3 is 6.03 Å². The molecule has 1 N–H and O–H groups in total. The zero-order valence-corrected chi connectivity index (χ0v) is 17.2. The molecule has 1 fully saturated rings. The molecule has 2 heterocycles. The van der Waals surface area contributed by atoms with Gasteiger partial charge in [-0.15, -0.1) is 0 Å². The first-order valence-electron chi connectivity index (χ1n) is 8.28. The van der Waals surface area contributed by atoms with Crippen LogP contribution in [0.25, 0.3) is 6.08 Å². The lowest BCUT2D eigenvalue weighted by molar-refractivity contribution is -0.122. The number of nitrogens with one attached hydrogen (secondary N) is 1. The molecule has 1 aliphatic heterocycles. The molecule has 1 aromatic heterocycles. The molecule has 0 radical (unpaired) electrons. The quantitative estimate of drug-likeness (QED) is 0.391. The number of benzene rings is 1. The molecular weight excluding hydrogens is 477 g/mol. The Balaban J connectivity index is 2.04. The van der Waals surface area contributed by atoms with Crippen LogP contribution in [0.15, 0.2) is 42.2 Å². The number of hydrogen-bond acceptors (Lipinski definition) is 6. The molecule has 0 unspecified atom stereocenters. The summed E-state index contributed by atoms with van der Waals surface area (Å²) in [6, 6.07) is 5.75. The van der Waals surface area contributed by atoms with Gasteiger partial charge in [0.15, 0.2) is 11.5 Å². The van der Waals surface area contributed by atoms with Crippen molar-refractivity contribution in [2.24, 2.45) is 0 Å². The zero-order valence-electron chi connectivity index (χ0n) is 15.1. The van der Waals surface area contributed by atoms with Gasteiger partial charge in [0.25, 0.3) is 11.8 Å². The van der Waals surface area contributed by atoms with Gasteiger partial charge in [0.2, 0.25) is 0 Å². The molecule has 1 aromatic carbocycles. The van der Waals surface area contributed by atoms with Gasteiger partial charge in [-0.25, -0.2) is 9.69 Å². The van der Waals surface area contributed by atoms with Crippen molar-refractivity contribution in [3.8, 4) is 11.5 Å². The Morgan fingerprint density at radius 3 is 2.71 bits per heavy atom. The van der Waals surface area contributed by atoms with Gasteiger partial charge in [0, 0.05) is 6.20 Å². The van der Waals surface area contributed by atoms with Crippen molar-refractivity contribution >= 4 is 52.2 Å². The fourth-order valence-electron chi connectivity index (χ4n) is 2.68. The first-order chi connectivity index (χ1) is 13.5. The number of nitrogens with zero attached hydrogens (tertiary/aromatic N) is 2. The third-order valence-electron chi connectivity index (χ3n) is 3.85. The molecule has 0 saturated carbocycles. The second kappa shape index (κ2) is 8.38. The molecule has 2 aromatic rings. The lowest BCUT2D eigenvalue weighted by atomic mass is 10.1. The van der Waals surface area contributed by atoms with Gasteiger partial charge in [0.1, 0.15) is 5.57 Å². The number of imide groups is 2. The number of urea groups is 1. The number of hydrogen-bond donors (Lipinski definition) is 1. The Morgan fingerprint density at radius 2 is 2.07 bits per heavy atom. The average molecular weight is 493 g/mol. The number of amides is 4. The number of rotatable bonds is 5. The Bertz CT molecular complexity index is 975. The van der Waals surface area contributed by atoms with E-state index in [2.05, 4.69) is 32.9 Å². The first-order valence-corrected chi connectivity index (χ1v) is 9.36. The van der Waals surface area contributed by atoms with E-state index < -0.39 is 17.8 Å². The molecule has 28 heavy (non-hydrogen) atoms. The smallest absolute Gasteiger partial charge is 0.336 e. The zero-order chi connectivity index (χ0) is 20.3. The largest absolute Gasteiger partial charge is 0.492 e. The molecule has 3 rings (SSSR count). The summed E-state index contributed by atoms with van der Waals surface area (Å²) in [4.78, 5) is 42.1. The highest BCUT2D eigenvalue weighted by atomic mass is 127. The summed E-state index contributed by atoms with van der Waals surface area (Å²) in [6.45, 7) is 2.27. The van der Waals surface area contributed by atoms with E-state index in [-0.39, 0.29) is 11.3 Å². The maximum atomic E-state index is 12.9. The predicted octanol–water partition coefficient (Wildman–Crippen LogP) is 2.76. The highest BCUT2D eigenvalue weighted by molar-refractivity contribution is 14.1. The highest BCUT2D eigenvalue weighted by Crippen LogP contribution is 2.35. The molecular formula is C19H16IN3O5. The lowest BCUT2D eigenvalue weighted by Gasteiger charge is -2.26. The van der Waals surface area contributed by atoms with E-state index in [4.69, 9.17) is 9.47 Å². The summed E-state index contributed by atoms with van der Waals surface area (Å²) in [5.74, 6) is -0.437. The maximum Gasteiger partial charge on any atom is 0.336 e. The second-order valence-corrected chi connectivity index (χ2v) is 6.80. The Hall–Kier alpha value is -2.95. The Morgan fingerprint density at radius 1 is 1.29 bits per heavy atom. The number of aromatic nitrogens is 1. The summed E-state index contributed by atoms with van der Waals surface area (Å²) in [5, 5.41) is 2.18. The number of halogens is 1. The van der Waals surface area contributed by atoms with Gasteiger partial charge in [-0.3, -0.25) is 19.9 Å². The molecule has 1 aliphatic rings. The minimum absolute atomic E-state index is 0.174. The van der Waals surface area contributed by atoms with Gasteiger partial charge < -0.3 is 9.47 Å². The Labute approximate surface area is 174 Å². The number of carbonyl (C=O) groups is 3. The van der Waals surface area contributed by atoms with Crippen molar-refractivity contribution in [2.75, 3.05) is 18.6 Å². The predicted molar refractivity (Wildman–Crippen MR) is 110 cm³/mol. The number of methoxy groups -OCH3 is 1. The van der Waals surface area contributed by atoms with Crippen molar-refractivity contribution in [2.45, 2.75) is 6.92 Å². The summed E-state index contributed by atoms with van der Waals surface area (Å²) in [5.41, 5.74) is 0.655. The molecule has 4 amide bonds. The summed E-state index contributed by atoms with van der Waals surface area (Å²) in [6.07, 6.45) is 4.30. The SMILES string of the molecule is CCOc1cc(/C=C2\C(=O)NC(=O)N(c3cccnc3)C2=O)cc(I)c1OC. The first kappa shape index (κ1) is 19.8. The van der Waals surface area contributed by atoms with E-state index >= 15 is 0 Å². The minimum Gasteiger partial charge on any atom is -0.492 e. The van der Waals surface area contributed by atoms with E-state index in [1.807, 2.05) is 6.92 Å². The number of carbonyl (C=O) groups excluding carboxylic acids is 3. The number of barbiturate groups is 1. The third-order valence-corrected chi connectivity index (χ3v) is 4.65. The van der Waals surface area contributed by atoms with Crippen LogP contribution in [0, 0.1) is 3.57 Å². The molecule has 8 nitrogen and oxygen atoms in total. The fourth-order valence-corrected chi connectivity index (χ4v) is 3.52. The second-order valence-electron chi connectivity index (χ2n) is 5.64. The van der Waals surface area contributed by atoms with Crippen molar-refractivity contribution in [3.05, 3.63) is 51.4 Å². The molecule has 144 valence electrons. The molecule has 0 bridgehead atoms. The van der Waals surface area contributed by atoms with E-state index in [9.17, 15) is 14.4 Å². The summed E-state index contributed by atoms with van der Waals surface area (Å²) in [7, 11) is 1.54. The molecule has 1 saturated heterocycles. The standard InChI is InChI=1S/C19H16IN3O5/c1-3-28-15-9-11(8-14(20)16(15)27-2)7-13-17(24)22-19(26)23(18(13)25)12-5-4-6-21-10-12/h4-10H,3H2,1-2H3,(H,22,24,26)/b13-7+. The van der Waals surface area contributed by atoms with Crippen LogP contribution in [0.2, 0.25) is 0 Å². The van der Waals surface area contributed by atoms with Crippen molar-refractivity contribution in [3.63, 3.8) is 0 Å². The van der Waals surface area contributed by atoms with Gasteiger partial charge in [0.05, 0.1) is 29.2 Å². The van der Waals surface area contributed by atoms with Crippen LogP contribution < -0.4 is 19.7 Å². The number of pyridine rings is 1. The normalized spacial score (nSPS) is 15.6. The van der Waals surface area contributed by atoms with Crippen LogP contribution in [-0.2, 0) is 9.59 Å². The van der Waals surface area contributed by atoms with Crippen LogP contribution >= 0.6 is 22.6 Å². The molecule has 0 aliphatic carbocycles. The van der Waals surface area contributed by atoms with Crippen LogP contribution in [0.1, 0.15) is 12.5 Å². The summed E-state index contributed by atoms with van der Waals surface area (Å²) >= 11 is 2.08. The van der Waals surface area contributed by atoms with Crippen molar-refractivity contribution in [1.29, 1.82) is 0 Å². The van der Waals surface area contributed by atoms with Crippen LogP contribution in [0.5, 0.6) is 11.5 Å². The maximum absolute atomic E-state index is 12.9. The van der Waals surface area contributed by atoms with Gasteiger partial charge in [-0.05, 0) is 65.4 Å². The average Bonchev–Trinajstić information content (AvgIpc) is 2.66. The number of anilines is 1. The van der Waals surface area contributed by atoms with E-state index in [0.717, 1.165) is 8.47 Å². The highest BCUT2D eigenvalue weighted by Gasteiger charge is 2.37. The van der Waals surface area contributed by atoms with Crippen molar-refractivity contribution < 1.29 is 23.9 Å². The van der Waals surface area contributed by atoms with E-state index in [1.165, 1.54) is 25.6 Å². The van der Waals surface area contributed by atoms with Gasteiger partial charge in [-0.2, -0.15) is 0 Å². The van der Waals surface area contributed by atoms with E-state index in [0.29, 0.717) is 23.7 Å². The van der Waals surface area contributed by atoms with Crippen LogP contribution in [0.3, 0.4) is 0 Å². The van der Waals surface area contributed by atoms with Gasteiger partial charge in [-0.1, -0.05) is 0 Å². The van der Waals surface area contributed by atoms with Crippen molar-refractivity contribution in [1.82, 2.24) is 10.3 Å². The topological polar surface area (TPSA) is 97.8 Å². The summed E-state index contributed by atoms with van der Waals surface area (Å²) < 4.78 is 11.7. The molecule has 9 heteroatoms. The third kappa shape index (κ3) is 3.84. The minimum atomic E-state index is -0.820. The lowest BCUT2D eigenvalue weighted by Crippen LogP contribution is -2.54. The monoisotopic (exact) mass is 493 g/mol.